The second kappa shape index (κ2) is 6.55. The first-order chi connectivity index (χ1) is 9.55. The summed E-state index contributed by atoms with van der Waals surface area (Å²) in [5.74, 6) is -0.519. The van der Waals surface area contributed by atoms with Gasteiger partial charge in [0.25, 0.3) is 0 Å². The number of halogens is 4. The van der Waals surface area contributed by atoms with E-state index >= 15 is 0 Å². The summed E-state index contributed by atoms with van der Waals surface area (Å²) in [6, 6.07) is 3.77. The summed E-state index contributed by atoms with van der Waals surface area (Å²) in [4.78, 5) is 11.5. The van der Waals surface area contributed by atoms with Crippen molar-refractivity contribution in [1.82, 2.24) is 0 Å². The van der Waals surface area contributed by atoms with Gasteiger partial charge in [-0.2, -0.15) is 0 Å². The minimum absolute atomic E-state index is 0.0194. The van der Waals surface area contributed by atoms with Crippen LogP contribution in [0, 0.1) is 5.41 Å². The van der Waals surface area contributed by atoms with Crippen molar-refractivity contribution >= 4 is 21.9 Å². The lowest BCUT2D eigenvalue weighted by atomic mass is 9.95. The Morgan fingerprint density at radius 2 is 1.90 bits per heavy atom. The Bertz CT molecular complexity index is 515. The van der Waals surface area contributed by atoms with E-state index in [-0.39, 0.29) is 16.8 Å². The minimum atomic E-state index is -4.77. The molecule has 0 spiro atoms. The molecule has 1 rings (SSSR count). The van der Waals surface area contributed by atoms with Crippen LogP contribution in [0.2, 0.25) is 0 Å². The lowest BCUT2D eigenvalue weighted by Gasteiger charge is -2.21. The van der Waals surface area contributed by atoms with Gasteiger partial charge in [0.1, 0.15) is 18.1 Å². The predicted molar refractivity (Wildman–Crippen MR) is 72.1 cm³/mol. The molecule has 1 aromatic carbocycles. The van der Waals surface area contributed by atoms with Crippen LogP contribution in [0.4, 0.5) is 13.2 Å². The zero-order chi connectivity index (χ0) is 16.3. The molecule has 0 N–H and O–H groups in total. The van der Waals surface area contributed by atoms with E-state index in [1.54, 1.807) is 13.8 Å². The smallest absolute Gasteiger partial charge is 0.492 e. The Morgan fingerprint density at radius 1 is 1.29 bits per heavy atom. The van der Waals surface area contributed by atoms with Gasteiger partial charge in [-0.3, -0.25) is 4.79 Å². The number of methoxy groups -OCH3 is 1. The molecule has 0 atom stereocenters. The molecule has 0 unspecified atom stereocenters. The summed E-state index contributed by atoms with van der Waals surface area (Å²) >= 11 is 2.97. The molecule has 8 heteroatoms. The van der Waals surface area contributed by atoms with Crippen LogP contribution < -0.4 is 9.47 Å². The van der Waals surface area contributed by atoms with Gasteiger partial charge in [0.15, 0.2) is 0 Å². The van der Waals surface area contributed by atoms with Gasteiger partial charge in [0, 0.05) is 0 Å². The number of alkyl halides is 3. The molecule has 0 heterocycles. The van der Waals surface area contributed by atoms with Crippen LogP contribution in [0.15, 0.2) is 22.7 Å². The van der Waals surface area contributed by atoms with Crippen molar-refractivity contribution in [2.24, 2.45) is 5.41 Å². The molecule has 1 aromatic rings. The standard InChI is InChI=1S/C13H14BrF3O4/c1-12(2,11(18)19-3)7-20-8-4-5-10(9(14)6-8)21-13(15,16)17/h4-6H,7H2,1-3H3. The van der Waals surface area contributed by atoms with Crippen molar-refractivity contribution in [3.63, 3.8) is 0 Å². The number of hydrogen-bond acceptors (Lipinski definition) is 4. The van der Waals surface area contributed by atoms with Crippen LogP contribution in [0.5, 0.6) is 11.5 Å². The molecule has 4 nitrogen and oxygen atoms in total. The molecule has 0 fully saturated rings. The van der Waals surface area contributed by atoms with E-state index in [0.717, 1.165) is 6.07 Å². The van der Waals surface area contributed by atoms with Gasteiger partial charge < -0.3 is 14.2 Å². The number of hydrogen-bond donors (Lipinski definition) is 0. The number of ether oxygens (including phenoxy) is 3. The maximum Gasteiger partial charge on any atom is 0.573 e. The van der Waals surface area contributed by atoms with E-state index in [1.807, 2.05) is 0 Å². The highest BCUT2D eigenvalue weighted by Crippen LogP contribution is 2.33. The van der Waals surface area contributed by atoms with Gasteiger partial charge in [-0.25, -0.2) is 0 Å². The second-order valence-electron chi connectivity index (χ2n) is 4.80. The van der Waals surface area contributed by atoms with Gasteiger partial charge in [0.2, 0.25) is 0 Å². The number of benzene rings is 1. The monoisotopic (exact) mass is 370 g/mol. The largest absolute Gasteiger partial charge is 0.573 e. The fourth-order valence-electron chi connectivity index (χ4n) is 1.38. The number of rotatable bonds is 5. The molecule has 0 aromatic heterocycles. The van der Waals surface area contributed by atoms with Crippen LogP contribution >= 0.6 is 15.9 Å². The molecular weight excluding hydrogens is 357 g/mol. The molecule has 0 aliphatic heterocycles. The Balaban J connectivity index is 2.75. The molecule has 118 valence electrons. The van der Waals surface area contributed by atoms with E-state index < -0.39 is 17.7 Å². The van der Waals surface area contributed by atoms with Gasteiger partial charge in [-0.15, -0.1) is 13.2 Å². The topological polar surface area (TPSA) is 44.8 Å². The number of carbonyl (C=O) groups is 1. The molecule has 0 aliphatic rings. The van der Waals surface area contributed by atoms with E-state index in [1.165, 1.54) is 19.2 Å². The lowest BCUT2D eigenvalue weighted by Crippen LogP contribution is -2.32. The maximum atomic E-state index is 12.1. The summed E-state index contributed by atoms with van der Waals surface area (Å²) in [6.07, 6.45) is -4.77. The first-order valence-corrected chi connectivity index (χ1v) is 6.61. The summed E-state index contributed by atoms with van der Waals surface area (Å²) in [5.41, 5.74) is -0.873. The fourth-order valence-corrected chi connectivity index (χ4v) is 1.82. The van der Waals surface area contributed by atoms with Crippen LogP contribution in [-0.2, 0) is 9.53 Å². The number of carbonyl (C=O) groups excluding carboxylic acids is 1. The first kappa shape index (κ1) is 17.6. The Morgan fingerprint density at radius 3 is 2.38 bits per heavy atom. The number of esters is 1. The highest BCUT2D eigenvalue weighted by molar-refractivity contribution is 9.10. The van der Waals surface area contributed by atoms with Gasteiger partial charge in [-0.05, 0) is 48.0 Å². The zero-order valence-corrected chi connectivity index (χ0v) is 13.2. The molecular formula is C13H14BrF3O4. The summed E-state index contributed by atoms with van der Waals surface area (Å²) in [5, 5.41) is 0. The van der Waals surface area contributed by atoms with Crippen molar-refractivity contribution in [3.8, 4) is 11.5 Å². The average Bonchev–Trinajstić information content (AvgIpc) is 2.37. The highest BCUT2D eigenvalue weighted by Gasteiger charge is 2.32. The van der Waals surface area contributed by atoms with Crippen LogP contribution in [0.3, 0.4) is 0 Å². The minimum Gasteiger partial charge on any atom is -0.492 e. The van der Waals surface area contributed by atoms with E-state index in [4.69, 9.17) is 4.74 Å². The van der Waals surface area contributed by atoms with Gasteiger partial charge in [0.05, 0.1) is 17.0 Å². The molecule has 0 saturated heterocycles. The summed E-state index contributed by atoms with van der Waals surface area (Å²) < 4.78 is 50.3. The average molecular weight is 371 g/mol. The quantitative estimate of drug-likeness (QED) is 0.736. The second-order valence-corrected chi connectivity index (χ2v) is 5.66. The molecule has 0 saturated carbocycles. The van der Waals surface area contributed by atoms with Gasteiger partial charge in [-0.1, -0.05) is 0 Å². The fraction of sp³-hybridized carbons (Fsp3) is 0.462. The molecule has 0 amide bonds. The Labute approximate surface area is 128 Å². The summed E-state index contributed by atoms with van der Waals surface area (Å²) in [7, 11) is 1.27. The van der Waals surface area contributed by atoms with E-state index in [0.29, 0.717) is 5.75 Å². The van der Waals surface area contributed by atoms with Crippen LogP contribution in [0.1, 0.15) is 13.8 Å². The van der Waals surface area contributed by atoms with Gasteiger partial charge >= 0.3 is 12.3 Å². The molecule has 0 bridgehead atoms. The van der Waals surface area contributed by atoms with E-state index in [9.17, 15) is 18.0 Å². The molecule has 0 aliphatic carbocycles. The predicted octanol–water partition coefficient (Wildman–Crippen LogP) is 3.93. The third-order valence-corrected chi connectivity index (χ3v) is 3.09. The first-order valence-electron chi connectivity index (χ1n) is 5.82. The van der Waals surface area contributed by atoms with Crippen LogP contribution in [0.25, 0.3) is 0 Å². The highest BCUT2D eigenvalue weighted by atomic mass is 79.9. The molecule has 21 heavy (non-hydrogen) atoms. The third-order valence-electron chi connectivity index (χ3n) is 2.47. The zero-order valence-electron chi connectivity index (χ0n) is 11.6. The normalized spacial score (nSPS) is 12.0. The van der Waals surface area contributed by atoms with Crippen molar-refractivity contribution in [2.45, 2.75) is 20.2 Å². The van der Waals surface area contributed by atoms with E-state index in [2.05, 4.69) is 25.4 Å². The Kier molecular flexibility index (Phi) is 5.49. The lowest BCUT2D eigenvalue weighted by molar-refractivity contribution is -0.274. The SMILES string of the molecule is COC(=O)C(C)(C)COc1ccc(OC(F)(F)F)c(Br)c1. The third kappa shape index (κ3) is 5.45. The van der Waals surface area contributed by atoms with Crippen molar-refractivity contribution < 1.29 is 32.2 Å². The molecule has 0 radical (unpaired) electrons. The van der Waals surface area contributed by atoms with Crippen molar-refractivity contribution in [1.29, 1.82) is 0 Å². The van der Waals surface area contributed by atoms with Crippen molar-refractivity contribution in [2.75, 3.05) is 13.7 Å². The summed E-state index contributed by atoms with van der Waals surface area (Å²) in [6.45, 7) is 3.29. The maximum absolute atomic E-state index is 12.1. The Hall–Kier alpha value is -1.44. The van der Waals surface area contributed by atoms with Crippen molar-refractivity contribution in [3.05, 3.63) is 22.7 Å². The van der Waals surface area contributed by atoms with Crippen LogP contribution in [-0.4, -0.2) is 26.0 Å².